The van der Waals surface area contributed by atoms with Crippen molar-refractivity contribution in [3.8, 4) is 0 Å². The molecule has 1 aromatic carbocycles. The Morgan fingerprint density at radius 3 is 2.71 bits per heavy atom. The molecule has 0 saturated carbocycles. The van der Waals surface area contributed by atoms with Gasteiger partial charge in [-0.2, -0.15) is 0 Å². The largest absolute Gasteiger partial charge is 0.272 e. The molecule has 0 spiro atoms. The Labute approximate surface area is 91.4 Å². The minimum absolute atomic E-state index is 0.210. The Hall–Kier alpha value is -0.540. The normalized spacial score (nSPS) is 21.0. The second-order valence-electron chi connectivity index (χ2n) is 3.06. The molecule has 1 atom stereocenters. The standard InChI is InChI=1S/C10H9ClFNS/c11-5-9-6-14-10(13-9)7-1-3-8(12)4-2-7/h1-4,9H,5-6H2. The van der Waals surface area contributed by atoms with E-state index in [-0.39, 0.29) is 11.9 Å². The van der Waals surface area contributed by atoms with Crippen molar-refractivity contribution >= 4 is 28.4 Å². The van der Waals surface area contributed by atoms with Crippen molar-refractivity contribution in [3.05, 3.63) is 35.6 Å². The molecular weight excluding hydrogens is 221 g/mol. The number of halogens is 2. The Balaban J connectivity index is 2.20. The third-order valence-electron chi connectivity index (χ3n) is 1.98. The van der Waals surface area contributed by atoms with E-state index in [0.717, 1.165) is 16.4 Å². The summed E-state index contributed by atoms with van der Waals surface area (Å²) in [5.74, 6) is 1.26. The van der Waals surface area contributed by atoms with E-state index in [4.69, 9.17) is 11.6 Å². The average Bonchev–Trinajstić information content (AvgIpc) is 2.67. The summed E-state index contributed by atoms with van der Waals surface area (Å²) < 4.78 is 12.6. The van der Waals surface area contributed by atoms with Gasteiger partial charge < -0.3 is 0 Å². The van der Waals surface area contributed by atoms with Crippen LogP contribution in [0.1, 0.15) is 5.56 Å². The second kappa shape index (κ2) is 4.32. The van der Waals surface area contributed by atoms with Gasteiger partial charge in [0.2, 0.25) is 0 Å². The molecular formula is C10H9ClFNS. The van der Waals surface area contributed by atoms with Gasteiger partial charge in [-0.3, -0.25) is 4.99 Å². The molecule has 14 heavy (non-hydrogen) atoms. The summed E-state index contributed by atoms with van der Waals surface area (Å²) in [4.78, 5) is 4.43. The van der Waals surface area contributed by atoms with Gasteiger partial charge in [-0.1, -0.05) is 0 Å². The fourth-order valence-electron chi connectivity index (χ4n) is 1.24. The highest BCUT2D eigenvalue weighted by Crippen LogP contribution is 2.24. The van der Waals surface area contributed by atoms with Crippen molar-refractivity contribution in [3.63, 3.8) is 0 Å². The lowest BCUT2D eigenvalue weighted by Gasteiger charge is -1.98. The summed E-state index contributed by atoms with van der Waals surface area (Å²) >= 11 is 7.38. The highest BCUT2D eigenvalue weighted by molar-refractivity contribution is 8.14. The maximum atomic E-state index is 12.6. The monoisotopic (exact) mass is 229 g/mol. The summed E-state index contributed by atoms with van der Waals surface area (Å²) in [6.45, 7) is 0. The van der Waals surface area contributed by atoms with Gasteiger partial charge in [-0.25, -0.2) is 4.39 Å². The molecule has 0 saturated heterocycles. The second-order valence-corrected chi connectivity index (χ2v) is 4.38. The van der Waals surface area contributed by atoms with E-state index >= 15 is 0 Å². The maximum absolute atomic E-state index is 12.6. The van der Waals surface area contributed by atoms with Gasteiger partial charge in [0.05, 0.1) is 11.1 Å². The fraction of sp³-hybridized carbons (Fsp3) is 0.300. The highest BCUT2D eigenvalue weighted by atomic mass is 35.5. The molecule has 0 radical (unpaired) electrons. The highest BCUT2D eigenvalue weighted by Gasteiger charge is 2.18. The minimum Gasteiger partial charge on any atom is -0.272 e. The summed E-state index contributed by atoms with van der Waals surface area (Å²) in [6, 6.07) is 6.61. The molecule has 0 fully saturated rings. The van der Waals surface area contributed by atoms with E-state index in [0.29, 0.717) is 5.88 Å². The van der Waals surface area contributed by atoms with Crippen LogP contribution in [0.5, 0.6) is 0 Å². The third-order valence-corrected chi connectivity index (χ3v) is 3.50. The molecule has 0 aliphatic carbocycles. The zero-order chi connectivity index (χ0) is 9.97. The zero-order valence-corrected chi connectivity index (χ0v) is 8.98. The molecule has 1 heterocycles. The summed E-state index contributed by atoms with van der Waals surface area (Å²) in [5, 5.41) is 0.968. The van der Waals surface area contributed by atoms with Crippen LogP contribution in [0.3, 0.4) is 0 Å². The van der Waals surface area contributed by atoms with E-state index < -0.39 is 0 Å². The Bertz CT molecular complexity index is 350. The molecule has 74 valence electrons. The van der Waals surface area contributed by atoms with E-state index in [9.17, 15) is 4.39 Å². The van der Waals surface area contributed by atoms with Crippen LogP contribution in [0.2, 0.25) is 0 Å². The number of nitrogens with zero attached hydrogens (tertiary/aromatic N) is 1. The lowest BCUT2D eigenvalue weighted by molar-refractivity contribution is 0.628. The van der Waals surface area contributed by atoms with Gasteiger partial charge in [-0.15, -0.1) is 23.4 Å². The van der Waals surface area contributed by atoms with Crippen molar-refractivity contribution in [2.45, 2.75) is 6.04 Å². The SMILES string of the molecule is Fc1ccc(C2=NC(CCl)CS2)cc1. The predicted octanol–water partition coefficient (Wildman–Crippen LogP) is 2.93. The molecule has 1 unspecified atom stereocenters. The van der Waals surface area contributed by atoms with Gasteiger partial charge in [0.15, 0.2) is 0 Å². The Kier molecular flexibility index (Phi) is 3.08. The quantitative estimate of drug-likeness (QED) is 0.711. The fourth-order valence-corrected chi connectivity index (χ4v) is 2.62. The summed E-state index contributed by atoms with van der Waals surface area (Å²) in [5.41, 5.74) is 0.976. The van der Waals surface area contributed by atoms with Crippen molar-refractivity contribution < 1.29 is 4.39 Å². The van der Waals surface area contributed by atoms with Gasteiger partial charge in [-0.05, 0) is 24.3 Å². The third kappa shape index (κ3) is 2.10. The molecule has 4 heteroatoms. The molecule has 1 aliphatic rings. The first-order valence-electron chi connectivity index (χ1n) is 4.32. The van der Waals surface area contributed by atoms with Crippen molar-refractivity contribution in [1.29, 1.82) is 0 Å². The van der Waals surface area contributed by atoms with Crippen LogP contribution in [-0.4, -0.2) is 22.7 Å². The van der Waals surface area contributed by atoms with Crippen LogP contribution in [0.25, 0.3) is 0 Å². The van der Waals surface area contributed by atoms with E-state index in [1.165, 1.54) is 12.1 Å². The van der Waals surface area contributed by atoms with Gasteiger partial charge in [0.25, 0.3) is 0 Å². The zero-order valence-electron chi connectivity index (χ0n) is 7.41. The van der Waals surface area contributed by atoms with Crippen LogP contribution < -0.4 is 0 Å². The van der Waals surface area contributed by atoms with Crippen molar-refractivity contribution in [2.24, 2.45) is 4.99 Å². The van der Waals surface area contributed by atoms with Crippen LogP contribution in [0.15, 0.2) is 29.3 Å². The Morgan fingerprint density at radius 2 is 2.14 bits per heavy atom. The number of aliphatic imine (C=N–C) groups is 1. The van der Waals surface area contributed by atoms with Gasteiger partial charge >= 0.3 is 0 Å². The van der Waals surface area contributed by atoms with Crippen molar-refractivity contribution in [2.75, 3.05) is 11.6 Å². The lowest BCUT2D eigenvalue weighted by Crippen LogP contribution is -2.03. The molecule has 1 aliphatic heterocycles. The maximum Gasteiger partial charge on any atom is 0.123 e. The molecule has 2 rings (SSSR count). The lowest BCUT2D eigenvalue weighted by atomic mass is 10.2. The number of thioether (sulfide) groups is 1. The van der Waals surface area contributed by atoms with Crippen LogP contribution >= 0.6 is 23.4 Å². The topological polar surface area (TPSA) is 12.4 Å². The molecule has 1 aromatic rings. The minimum atomic E-state index is -0.216. The Morgan fingerprint density at radius 1 is 1.43 bits per heavy atom. The van der Waals surface area contributed by atoms with Crippen LogP contribution in [-0.2, 0) is 0 Å². The van der Waals surface area contributed by atoms with Gasteiger partial charge in [0.1, 0.15) is 5.82 Å². The number of rotatable bonds is 2. The predicted molar refractivity (Wildman–Crippen MR) is 59.9 cm³/mol. The van der Waals surface area contributed by atoms with Crippen molar-refractivity contribution in [1.82, 2.24) is 0 Å². The molecule has 1 nitrogen and oxygen atoms in total. The molecule has 0 bridgehead atoms. The van der Waals surface area contributed by atoms with E-state index in [1.54, 1.807) is 23.9 Å². The smallest absolute Gasteiger partial charge is 0.123 e. The number of hydrogen-bond donors (Lipinski definition) is 0. The first-order valence-corrected chi connectivity index (χ1v) is 5.84. The summed E-state index contributed by atoms with van der Waals surface area (Å²) in [6.07, 6.45) is 0. The average molecular weight is 230 g/mol. The van der Waals surface area contributed by atoms with E-state index in [2.05, 4.69) is 4.99 Å². The number of alkyl halides is 1. The molecule has 0 amide bonds. The van der Waals surface area contributed by atoms with Crippen LogP contribution in [0.4, 0.5) is 4.39 Å². The molecule has 0 N–H and O–H groups in total. The number of hydrogen-bond acceptors (Lipinski definition) is 2. The first-order chi connectivity index (χ1) is 6.79. The van der Waals surface area contributed by atoms with E-state index in [1.807, 2.05) is 0 Å². The number of benzene rings is 1. The molecule has 0 aromatic heterocycles. The first kappa shape index (κ1) is 9.99. The summed E-state index contributed by atoms with van der Waals surface area (Å²) in [7, 11) is 0. The van der Waals surface area contributed by atoms with Gasteiger partial charge in [0, 0.05) is 17.2 Å². The van der Waals surface area contributed by atoms with Crippen LogP contribution in [0, 0.1) is 5.82 Å².